The number of hydrogen-bond acceptors (Lipinski definition) is 1. The highest BCUT2D eigenvalue weighted by Gasteiger charge is 1.95. The molecule has 0 aromatic carbocycles. The molecule has 14 heavy (non-hydrogen) atoms. The van der Waals surface area contributed by atoms with Crippen LogP contribution < -0.4 is 0 Å². The van der Waals surface area contributed by atoms with E-state index in [1.165, 1.54) is 19.3 Å². The summed E-state index contributed by atoms with van der Waals surface area (Å²) in [5, 5.41) is 0. The fraction of sp³-hybridized carbons (Fsp3) is 0.583. The lowest BCUT2D eigenvalue weighted by molar-refractivity contribution is 0.451. The van der Waals surface area contributed by atoms with E-state index in [2.05, 4.69) is 30.0 Å². The predicted molar refractivity (Wildman–Crippen MR) is 64.9 cm³/mol. The maximum atomic E-state index is 4.22. The van der Waals surface area contributed by atoms with Crippen molar-refractivity contribution in [3.05, 3.63) is 25.3 Å². The van der Waals surface area contributed by atoms with E-state index in [0.717, 1.165) is 13.1 Å². The SMILES string of the molecule is C=CCN=CN(CC=C)CCCCC. The molecule has 0 radical (unpaired) electrons. The molecule has 0 unspecified atom stereocenters. The van der Waals surface area contributed by atoms with Gasteiger partial charge in [0.2, 0.25) is 0 Å². The minimum absolute atomic E-state index is 0.696. The number of rotatable bonds is 9. The first-order valence-corrected chi connectivity index (χ1v) is 5.31. The Morgan fingerprint density at radius 3 is 2.57 bits per heavy atom. The molecule has 0 bridgehead atoms. The van der Waals surface area contributed by atoms with Crippen molar-refractivity contribution in [1.82, 2.24) is 4.90 Å². The maximum Gasteiger partial charge on any atom is 0.0856 e. The maximum absolute atomic E-state index is 4.22. The lowest BCUT2D eigenvalue weighted by atomic mass is 10.2. The van der Waals surface area contributed by atoms with Gasteiger partial charge in [0, 0.05) is 13.1 Å². The summed E-state index contributed by atoms with van der Waals surface area (Å²) in [4.78, 5) is 6.41. The molecule has 0 amide bonds. The molecule has 0 aliphatic rings. The van der Waals surface area contributed by atoms with Crippen LogP contribution in [-0.4, -0.2) is 30.9 Å². The average Bonchev–Trinajstić information content (AvgIpc) is 2.18. The van der Waals surface area contributed by atoms with Gasteiger partial charge in [-0.05, 0) is 6.42 Å². The first-order valence-electron chi connectivity index (χ1n) is 5.31. The second-order valence-corrected chi connectivity index (χ2v) is 3.26. The van der Waals surface area contributed by atoms with Gasteiger partial charge in [0.25, 0.3) is 0 Å². The lowest BCUT2D eigenvalue weighted by Crippen LogP contribution is -2.23. The highest BCUT2D eigenvalue weighted by molar-refractivity contribution is 5.55. The van der Waals surface area contributed by atoms with Crippen molar-refractivity contribution >= 4 is 6.34 Å². The van der Waals surface area contributed by atoms with Gasteiger partial charge >= 0.3 is 0 Å². The number of unbranched alkanes of at least 4 members (excludes halogenated alkanes) is 2. The van der Waals surface area contributed by atoms with Crippen LogP contribution in [0.4, 0.5) is 0 Å². The molecule has 80 valence electrons. The highest BCUT2D eigenvalue weighted by atomic mass is 15.1. The monoisotopic (exact) mass is 194 g/mol. The van der Waals surface area contributed by atoms with Crippen molar-refractivity contribution in [2.75, 3.05) is 19.6 Å². The van der Waals surface area contributed by atoms with E-state index >= 15 is 0 Å². The van der Waals surface area contributed by atoms with E-state index < -0.39 is 0 Å². The topological polar surface area (TPSA) is 15.6 Å². The zero-order valence-corrected chi connectivity index (χ0v) is 9.28. The molecule has 0 fully saturated rings. The van der Waals surface area contributed by atoms with E-state index in [0.29, 0.717) is 6.54 Å². The van der Waals surface area contributed by atoms with Crippen LogP contribution in [0.15, 0.2) is 30.3 Å². The minimum Gasteiger partial charge on any atom is -0.359 e. The van der Waals surface area contributed by atoms with Gasteiger partial charge in [-0.1, -0.05) is 31.9 Å². The molecule has 0 atom stereocenters. The molecule has 0 saturated carbocycles. The van der Waals surface area contributed by atoms with Gasteiger partial charge in [-0.2, -0.15) is 0 Å². The van der Waals surface area contributed by atoms with Gasteiger partial charge in [-0.15, -0.1) is 13.2 Å². The largest absolute Gasteiger partial charge is 0.359 e. The van der Waals surface area contributed by atoms with Crippen molar-refractivity contribution in [2.45, 2.75) is 26.2 Å². The molecule has 0 N–H and O–H groups in total. The Kier molecular flexibility index (Phi) is 9.28. The lowest BCUT2D eigenvalue weighted by Gasteiger charge is -2.16. The van der Waals surface area contributed by atoms with Crippen molar-refractivity contribution in [1.29, 1.82) is 0 Å². The molecule has 0 heterocycles. The van der Waals surface area contributed by atoms with Crippen molar-refractivity contribution in [3.63, 3.8) is 0 Å². The Bertz CT molecular complexity index is 173. The zero-order valence-electron chi connectivity index (χ0n) is 9.28. The second kappa shape index (κ2) is 10.0. The summed E-state index contributed by atoms with van der Waals surface area (Å²) in [5.74, 6) is 0. The third kappa shape index (κ3) is 7.59. The smallest absolute Gasteiger partial charge is 0.0856 e. The summed E-state index contributed by atoms with van der Waals surface area (Å²) < 4.78 is 0. The molecule has 2 nitrogen and oxygen atoms in total. The summed E-state index contributed by atoms with van der Waals surface area (Å²) >= 11 is 0. The van der Waals surface area contributed by atoms with Gasteiger partial charge in [0.05, 0.1) is 12.9 Å². The highest BCUT2D eigenvalue weighted by Crippen LogP contribution is 1.96. The van der Waals surface area contributed by atoms with Crippen LogP contribution in [0.1, 0.15) is 26.2 Å². The van der Waals surface area contributed by atoms with E-state index in [-0.39, 0.29) is 0 Å². The Labute approximate surface area is 88.0 Å². The molecule has 0 aromatic rings. The Morgan fingerprint density at radius 2 is 2.00 bits per heavy atom. The average molecular weight is 194 g/mol. The van der Waals surface area contributed by atoms with Gasteiger partial charge in [0.1, 0.15) is 0 Å². The Morgan fingerprint density at radius 1 is 1.21 bits per heavy atom. The van der Waals surface area contributed by atoms with Crippen LogP contribution in [0.2, 0.25) is 0 Å². The summed E-state index contributed by atoms with van der Waals surface area (Å²) in [7, 11) is 0. The predicted octanol–water partition coefficient (Wildman–Crippen LogP) is 2.88. The number of hydrogen-bond donors (Lipinski definition) is 0. The van der Waals surface area contributed by atoms with E-state index in [1.54, 1.807) is 6.08 Å². The molecule has 0 saturated heterocycles. The summed E-state index contributed by atoms with van der Waals surface area (Å²) in [5.41, 5.74) is 0. The van der Waals surface area contributed by atoms with Crippen molar-refractivity contribution in [2.24, 2.45) is 4.99 Å². The summed E-state index contributed by atoms with van der Waals surface area (Å²) in [6, 6.07) is 0. The van der Waals surface area contributed by atoms with Crippen LogP contribution in [0.25, 0.3) is 0 Å². The van der Waals surface area contributed by atoms with Crippen LogP contribution >= 0.6 is 0 Å². The first kappa shape index (κ1) is 12.9. The molecular weight excluding hydrogens is 172 g/mol. The molecule has 0 aromatic heterocycles. The molecule has 0 rings (SSSR count). The van der Waals surface area contributed by atoms with Crippen LogP contribution in [0.5, 0.6) is 0 Å². The third-order valence-corrected chi connectivity index (χ3v) is 1.89. The third-order valence-electron chi connectivity index (χ3n) is 1.89. The van der Waals surface area contributed by atoms with Crippen molar-refractivity contribution < 1.29 is 0 Å². The molecular formula is C12H22N2. The Hall–Kier alpha value is -1.05. The number of aliphatic imine (C=N–C) groups is 1. The molecule has 2 heteroatoms. The summed E-state index contributed by atoms with van der Waals surface area (Å²) in [6.07, 6.45) is 9.37. The van der Waals surface area contributed by atoms with E-state index in [1.807, 2.05) is 12.4 Å². The normalized spacial score (nSPS) is 10.4. The minimum atomic E-state index is 0.696. The van der Waals surface area contributed by atoms with Gasteiger partial charge in [-0.25, -0.2) is 0 Å². The van der Waals surface area contributed by atoms with Gasteiger partial charge in [0.15, 0.2) is 0 Å². The fourth-order valence-corrected chi connectivity index (χ4v) is 1.16. The van der Waals surface area contributed by atoms with Gasteiger partial charge in [-0.3, -0.25) is 4.99 Å². The fourth-order valence-electron chi connectivity index (χ4n) is 1.16. The van der Waals surface area contributed by atoms with Crippen LogP contribution in [0, 0.1) is 0 Å². The zero-order chi connectivity index (χ0) is 10.6. The van der Waals surface area contributed by atoms with Crippen LogP contribution in [-0.2, 0) is 0 Å². The quantitative estimate of drug-likeness (QED) is 0.238. The van der Waals surface area contributed by atoms with Crippen molar-refractivity contribution in [3.8, 4) is 0 Å². The molecule has 0 aliphatic carbocycles. The van der Waals surface area contributed by atoms with Crippen LogP contribution in [0.3, 0.4) is 0 Å². The van der Waals surface area contributed by atoms with E-state index in [9.17, 15) is 0 Å². The van der Waals surface area contributed by atoms with Gasteiger partial charge < -0.3 is 4.90 Å². The second-order valence-electron chi connectivity index (χ2n) is 3.26. The number of nitrogens with zero attached hydrogens (tertiary/aromatic N) is 2. The first-order chi connectivity index (χ1) is 6.85. The molecule has 0 spiro atoms. The molecule has 0 aliphatic heterocycles. The summed E-state index contributed by atoms with van der Waals surface area (Å²) in [6.45, 7) is 12.2. The Balaban J connectivity index is 3.75. The standard InChI is InChI=1S/C12H22N2/c1-4-7-8-11-14(10-6-3)12-13-9-5-2/h5-6,12H,2-4,7-11H2,1H3. The van der Waals surface area contributed by atoms with E-state index in [4.69, 9.17) is 0 Å².